The molecule has 0 atom stereocenters. The molecule has 0 bridgehead atoms. The van der Waals surface area contributed by atoms with Crippen molar-refractivity contribution in [2.24, 2.45) is 0 Å². The second-order valence-corrected chi connectivity index (χ2v) is 9.05. The van der Waals surface area contributed by atoms with Gasteiger partial charge in [-0.05, 0) is 36.8 Å². The lowest BCUT2D eigenvalue weighted by Gasteiger charge is -2.17. The number of thiophene rings is 2. The number of hydrazine groups is 1. The van der Waals surface area contributed by atoms with Crippen LogP contribution in [-0.4, -0.2) is 26.8 Å². The smallest absolute Gasteiger partial charge is 0.271 e. The zero-order valence-corrected chi connectivity index (χ0v) is 18.1. The van der Waals surface area contributed by atoms with Crippen LogP contribution in [0.3, 0.4) is 0 Å². The van der Waals surface area contributed by atoms with E-state index in [1.165, 1.54) is 17.8 Å². The molecular weight excluding hydrogens is 424 g/mol. The summed E-state index contributed by atoms with van der Waals surface area (Å²) in [5.41, 5.74) is 3.30. The van der Waals surface area contributed by atoms with Gasteiger partial charge in [0, 0.05) is 21.4 Å². The SMILES string of the molecule is C=CS/C(=C\C)c1nc(NN2C(=O)C=C(C)C2=O)c2cc(-c3cccs3)sc2n1. The van der Waals surface area contributed by atoms with Gasteiger partial charge in [-0.2, -0.15) is 5.01 Å². The van der Waals surface area contributed by atoms with Gasteiger partial charge in [-0.15, -0.1) is 22.7 Å². The zero-order valence-electron chi connectivity index (χ0n) is 15.6. The van der Waals surface area contributed by atoms with E-state index in [-0.39, 0.29) is 5.91 Å². The molecule has 1 N–H and O–H groups in total. The minimum absolute atomic E-state index is 0.383. The highest BCUT2D eigenvalue weighted by molar-refractivity contribution is 8.10. The number of carbonyl (C=O) groups is 2. The van der Waals surface area contributed by atoms with Gasteiger partial charge < -0.3 is 0 Å². The Kier molecular flexibility index (Phi) is 5.35. The summed E-state index contributed by atoms with van der Waals surface area (Å²) in [6.45, 7) is 7.27. The lowest BCUT2D eigenvalue weighted by Crippen LogP contribution is -2.36. The number of imide groups is 1. The van der Waals surface area contributed by atoms with Gasteiger partial charge in [0.05, 0.1) is 10.3 Å². The third kappa shape index (κ3) is 3.64. The summed E-state index contributed by atoms with van der Waals surface area (Å²) in [4.78, 5) is 37.7. The Morgan fingerprint density at radius 2 is 2.14 bits per heavy atom. The molecule has 0 fully saturated rings. The van der Waals surface area contributed by atoms with Crippen molar-refractivity contribution in [1.29, 1.82) is 0 Å². The Balaban J connectivity index is 1.84. The molecular formula is C20H16N4O2S3. The topological polar surface area (TPSA) is 75.2 Å². The maximum atomic E-state index is 12.3. The summed E-state index contributed by atoms with van der Waals surface area (Å²) in [5, 5.41) is 5.47. The number of hydrogen-bond acceptors (Lipinski definition) is 8. The van der Waals surface area contributed by atoms with E-state index in [0.29, 0.717) is 17.2 Å². The summed E-state index contributed by atoms with van der Waals surface area (Å²) >= 11 is 4.60. The highest BCUT2D eigenvalue weighted by atomic mass is 32.2. The molecule has 146 valence electrons. The van der Waals surface area contributed by atoms with Crippen molar-refractivity contribution < 1.29 is 9.59 Å². The Morgan fingerprint density at radius 3 is 2.76 bits per heavy atom. The van der Waals surface area contributed by atoms with Gasteiger partial charge in [0.2, 0.25) is 0 Å². The summed E-state index contributed by atoms with van der Waals surface area (Å²) in [6, 6.07) is 6.02. The summed E-state index contributed by atoms with van der Waals surface area (Å²) in [7, 11) is 0. The first-order valence-electron chi connectivity index (χ1n) is 8.65. The molecule has 0 spiro atoms. The molecule has 0 aliphatic carbocycles. The molecule has 3 aromatic heterocycles. The van der Waals surface area contributed by atoms with E-state index in [1.54, 1.807) is 35.0 Å². The van der Waals surface area contributed by atoms with Crippen LogP contribution in [-0.2, 0) is 9.59 Å². The molecule has 0 unspecified atom stereocenters. The molecule has 1 aliphatic rings. The van der Waals surface area contributed by atoms with Crippen LogP contribution in [0.4, 0.5) is 5.82 Å². The standard InChI is InChI=1S/C20H16N4O2S3/c1-4-13(27-5-2)18-21-17(23-24-16(25)9-11(3)20(24)26)12-10-15(29-19(12)22-18)14-7-6-8-28-14/h4-10H,2H2,1,3H3,(H,21,22,23)/b13-4-. The third-order valence-electron chi connectivity index (χ3n) is 4.17. The molecule has 6 nitrogen and oxygen atoms in total. The number of hydrogen-bond donors (Lipinski definition) is 1. The largest absolute Gasteiger partial charge is 0.275 e. The molecule has 3 aromatic rings. The number of rotatable bonds is 6. The van der Waals surface area contributed by atoms with Crippen LogP contribution in [0.5, 0.6) is 0 Å². The summed E-state index contributed by atoms with van der Waals surface area (Å²) < 4.78 is 0. The average molecular weight is 441 g/mol. The maximum Gasteiger partial charge on any atom is 0.275 e. The van der Waals surface area contributed by atoms with Crippen molar-refractivity contribution in [3.8, 4) is 9.75 Å². The van der Waals surface area contributed by atoms with Gasteiger partial charge in [0.25, 0.3) is 11.8 Å². The average Bonchev–Trinajstić information content (AvgIpc) is 3.42. The highest BCUT2D eigenvalue weighted by Gasteiger charge is 2.30. The molecule has 2 amide bonds. The van der Waals surface area contributed by atoms with Gasteiger partial charge in [-0.25, -0.2) is 9.97 Å². The van der Waals surface area contributed by atoms with Gasteiger partial charge in [0.1, 0.15) is 4.83 Å². The van der Waals surface area contributed by atoms with Gasteiger partial charge in [0.15, 0.2) is 11.6 Å². The Labute approximate surface area is 179 Å². The van der Waals surface area contributed by atoms with E-state index >= 15 is 0 Å². The van der Waals surface area contributed by atoms with Crippen LogP contribution in [0.15, 0.2) is 53.3 Å². The third-order valence-corrected chi connectivity index (χ3v) is 7.10. The Bertz CT molecular complexity index is 1190. The number of nitrogens with one attached hydrogen (secondary N) is 1. The number of carbonyl (C=O) groups excluding carboxylic acids is 2. The minimum Gasteiger partial charge on any atom is -0.271 e. The normalized spacial score (nSPS) is 14.6. The van der Waals surface area contributed by atoms with Crippen molar-refractivity contribution in [3.63, 3.8) is 0 Å². The number of fused-ring (bicyclic) bond motifs is 1. The first-order valence-corrected chi connectivity index (χ1v) is 11.2. The van der Waals surface area contributed by atoms with E-state index in [1.807, 2.05) is 36.6 Å². The van der Waals surface area contributed by atoms with Crippen LogP contribution in [0.1, 0.15) is 19.7 Å². The summed E-state index contributed by atoms with van der Waals surface area (Å²) in [6.07, 6.45) is 3.22. The van der Waals surface area contributed by atoms with Crippen LogP contribution < -0.4 is 5.43 Å². The van der Waals surface area contributed by atoms with Crippen molar-refractivity contribution in [2.45, 2.75) is 13.8 Å². The molecule has 9 heteroatoms. The van der Waals surface area contributed by atoms with Crippen molar-refractivity contribution >= 4 is 67.2 Å². The second-order valence-electron chi connectivity index (χ2n) is 6.06. The van der Waals surface area contributed by atoms with E-state index in [9.17, 15) is 9.59 Å². The number of allylic oxidation sites excluding steroid dienone is 1. The fourth-order valence-corrected chi connectivity index (χ4v) is 5.17. The number of aromatic nitrogens is 2. The van der Waals surface area contributed by atoms with Crippen molar-refractivity contribution in [1.82, 2.24) is 15.0 Å². The Hall–Kier alpha value is -2.75. The van der Waals surface area contributed by atoms with Crippen LogP contribution >= 0.6 is 34.4 Å². The fraction of sp³-hybridized carbons (Fsp3) is 0.100. The van der Waals surface area contributed by atoms with Gasteiger partial charge in [-0.1, -0.05) is 30.5 Å². The zero-order chi connectivity index (χ0) is 20.5. The van der Waals surface area contributed by atoms with Gasteiger partial charge >= 0.3 is 0 Å². The predicted octanol–water partition coefficient (Wildman–Crippen LogP) is 5.30. The van der Waals surface area contributed by atoms with E-state index in [2.05, 4.69) is 17.0 Å². The summed E-state index contributed by atoms with van der Waals surface area (Å²) in [5.74, 6) is 0.124. The highest BCUT2D eigenvalue weighted by Crippen LogP contribution is 2.39. The molecule has 0 saturated heterocycles. The number of nitrogens with zero attached hydrogens (tertiary/aromatic N) is 3. The van der Waals surface area contributed by atoms with Crippen molar-refractivity contribution in [3.05, 3.63) is 59.1 Å². The second kappa shape index (κ2) is 7.94. The molecule has 4 heterocycles. The van der Waals surface area contributed by atoms with Gasteiger partial charge in [-0.3, -0.25) is 15.0 Å². The van der Waals surface area contributed by atoms with E-state index < -0.39 is 5.91 Å². The molecule has 29 heavy (non-hydrogen) atoms. The lowest BCUT2D eigenvalue weighted by atomic mass is 10.3. The van der Waals surface area contributed by atoms with E-state index in [0.717, 1.165) is 29.9 Å². The van der Waals surface area contributed by atoms with E-state index in [4.69, 9.17) is 4.98 Å². The lowest BCUT2D eigenvalue weighted by molar-refractivity contribution is -0.135. The molecule has 0 saturated carbocycles. The van der Waals surface area contributed by atoms with Crippen LogP contribution in [0.2, 0.25) is 0 Å². The first kappa shape index (κ1) is 19.6. The maximum absolute atomic E-state index is 12.3. The quantitative estimate of drug-likeness (QED) is 0.524. The number of amides is 2. The molecule has 0 aromatic carbocycles. The van der Waals surface area contributed by atoms with Crippen LogP contribution in [0, 0.1) is 0 Å². The Morgan fingerprint density at radius 1 is 1.31 bits per heavy atom. The molecule has 1 aliphatic heterocycles. The monoisotopic (exact) mass is 440 g/mol. The molecule has 4 rings (SSSR count). The molecule has 0 radical (unpaired) electrons. The minimum atomic E-state index is -0.416. The number of thioether (sulfide) groups is 1. The van der Waals surface area contributed by atoms with Crippen molar-refractivity contribution in [2.75, 3.05) is 5.43 Å². The number of anilines is 1. The first-order chi connectivity index (χ1) is 14.0. The fourth-order valence-electron chi connectivity index (χ4n) is 2.80. The predicted molar refractivity (Wildman–Crippen MR) is 121 cm³/mol. The van der Waals surface area contributed by atoms with Crippen LogP contribution in [0.25, 0.3) is 24.9 Å².